The molecule has 0 radical (unpaired) electrons. The number of amides is 1. The Morgan fingerprint density at radius 3 is 2.20 bits per heavy atom. The number of nitrogens with zero attached hydrogens (tertiary/aromatic N) is 1. The van der Waals surface area contributed by atoms with Crippen LogP contribution in [0.1, 0.15) is 12.0 Å². The van der Waals surface area contributed by atoms with Crippen LogP contribution in [-0.2, 0) is 20.8 Å². The van der Waals surface area contributed by atoms with Crippen molar-refractivity contribution < 1.29 is 24.6 Å². The maximum absolute atomic E-state index is 11.8. The molecule has 0 bridgehead atoms. The fourth-order valence-electron chi connectivity index (χ4n) is 1.72. The topological polar surface area (TPSA) is 121 Å². The first-order valence-electron chi connectivity index (χ1n) is 5.94. The summed E-state index contributed by atoms with van der Waals surface area (Å²) in [6.07, 6.45) is 0.406. The lowest BCUT2D eigenvalue weighted by Crippen LogP contribution is -2.39. The molecule has 7 heteroatoms. The summed E-state index contributed by atoms with van der Waals surface area (Å²) in [6, 6.07) is 6.97. The van der Waals surface area contributed by atoms with Crippen LogP contribution in [0.5, 0.6) is 0 Å². The first-order chi connectivity index (χ1) is 9.38. The number of anilines is 1. The summed E-state index contributed by atoms with van der Waals surface area (Å²) < 4.78 is 0. The van der Waals surface area contributed by atoms with Crippen molar-refractivity contribution in [3.05, 3.63) is 29.8 Å². The zero-order valence-electron chi connectivity index (χ0n) is 10.8. The minimum Gasteiger partial charge on any atom is -0.480 e. The number of aryl methyl sites for hydroxylation is 1. The average Bonchev–Trinajstić information content (AvgIpc) is 2.34. The molecule has 1 amide bonds. The lowest BCUT2D eigenvalue weighted by atomic mass is 10.1. The summed E-state index contributed by atoms with van der Waals surface area (Å²) in [5.41, 5.74) is 7.01. The maximum Gasteiger partial charge on any atom is 0.323 e. The molecule has 0 aliphatic carbocycles. The monoisotopic (exact) mass is 280 g/mol. The normalized spacial score (nSPS) is 10.0. The molecular weight excluding hydrogens is 264 g/mol. The molecule has 0 aliphatic rings. The molecule has 0 fully saturated rings. The number of carbonyl (C=O) groups excluding carboxylic acids is 1. The predicted octanol–water partition coefficient (Wildman–Crippen LogP) is 0.199. The van der Waals surface area contributed by atoms with Gasteiger partial charge in [-0.05, 0) is 24.1 Å². The fourth-order valence-corrected chi connectivity index (χ4v) is 1.72. The Balaban J connectivity index is 2.61. The predicted molar refractivity (Wildman–Crippen MR) is 71.0 cm³/mol. The Morgan fingerprint density at radius 2 is 1.70 bits per heavy atom. The molecule has 0 spiro atoms. The molecule has 0 atom stereocenters. The second-order valence-corrected chi connectivity index (χ2v) is 4.28. The van der Waals surface area contributed by atoms with Gasteiger partial charge in [-0.15, -0.1) is 0 Å². The van der Waals surface area contributed by atoms with Crippen LogP contribution in [0.3, 0.4) is 0 Å². The molecular formula is C13H16N2O5. The molecule has 0 saturated carbocycles. The third-order valence-electron chi connectivity index (χ3n) is 2.58. The van der Waals surface area contributed by atoms with E-state index in [9.17, 15) is 14.4 Å². The SMILES string of the molecule is Nc1cccc(CCC(=O)N(CC(=O)O)CC(=O)O)c1. The number of nitrogens with two attached hydrogens (primary N) is 1. The average molecular weight is 280 g/mol. The van der Waals surface area contributed by atoms with Gasteiger partial charge in [0.05, 0.1) is 0 Å². The summed E-state index contributed by atoms with van der Waals surface area (Å²) >= 11 is 0. The van der Waals surface area contributed by atoms with Crippen LogP contribution in [0.2, 0.25) is 0 Å². The van der Waals surface area contributed by atoms with Gasteiger partial charge in [0, 0.05) is 12.1 Å². The molecule has 108 valence electrons. The van der Waals surface area contributed by atoms with Gasteiger partial charge in [0.1, 0.15) is 13.1 Å². The smallest absolute Gasteiger partial charge is 0.323 e. The summed E-state index contributed by atoms with van der Waals surface area (Å²) in [5, 5.41) is 17.3. The summed E-state index contributed by atoms with van der Waals surface area (Å²) in [6.45, 7) is -1.25. The van der Waals surface area contributed by atoms with Crippen molar-refractivity contribution in [2.45, 2.75) is 12.8 Å². The van der Waals surface area contributed by atoms with Crippen LogP contribution < -0.4 is 5.73 Å². The third-order valence-corrected chi connectivity index (χ3v) is 2.58. The Kier molecular flexibility index (Phi) is 5.52. The quantitative estimate of drug-likeness (QED) is 0.613. The molecule has 0 saturated heterocycles. The van der Waals surface area contributed by atoms with Crippen molar-refractivity contribution in [1.29, 1.82) is 0 Å². The molecule has 20 heavy (non-hydrogen) atoms. The zero-order chi connectivity index (χ0) is 15.1. The molecule has 0 aliphatic heterocycles. The van der Waals surface area contributed by atoms with E-state index >= 15 is 0 Å². The summed E-state index contributed by atoms with van der Waals surface area (Å²) in [5.74, 6) is -3.01. The number of carboxylic acids is 2. The Morgan fingerprint density at radius 1 is 1.10 bits per heavy atom. The number of hydrogen-bond donors (Lipinski definition) is 3. The number of hydrogen-bond acceptors (Lipinski definition) is 4. The Bertz CT molecular complexity index is 499. The van der Waals surface area contributed by atoms with Gasteiger partial charge in [-0.3, -0.25) is 14.4 Å². The lowest BCUT2D eigenvalue weighted by Gasteiger charge is -2.18. The fraction of sp³-hybridized carbons (Fsp3) is 0.308. The molecule has 1 rings (SSSR count). The van der Waals surface area contributed by atoms with Gasteiger partial charge in [-0.2, -0.15) is 0 Å². The highest BCUT2D eigenvalue weighted by Crippen LogP contribution is 2.09. The van der Waals surface area contributed by atoms with E-state index in [0.29, 0.717) is 12.1 Å². The second kappa shape index (κ2) is 7.13. The molecule has 1 aromatic rings. The van der Waals surface area contributed by atoms with Crippen molar-refractivity contribution in [1.82, 2.24) is 4.90 Å². The van der Waals surface area contributed by atoms with Gasteiger partial charge in [0.2, 0.25) is 5.91 Å². The van der Waals surface area contributed by atoms with Crippen LogP contribution in [0.25, 0.3) is 0 Å². The number of carbonyl (C=O) groups is 3. The number of benzene rings is 1. The molecule has 0 heterocycles. The number of aliphatic carboxylic acids is 2. The summed E-state index contributed by atoms with van der Waals surface area (Å²) in [7, 11) is 0. The highest BCUT2D eigenvalue weighted by Gasteiger charge is 2.19. The van der Waals surface area contributed by atoms with Gasteiger partial charge >= 0.3 is 11.9 Å². The van der Waals surface area contributed by atoms with Crippen LogP contribution in [0.15, 0.2) is 24.3 Å². The molecule has 0 aromatic heterocycles. The zero-order valence-corrected chi connectivity index (χ0v) is 10.8. The Hall–Kier alpha value is -2.57. The minimum atomic E-state index is -1.25. The largest absolute Gasteiger partial charge is 0.480 e. The molecule has 7 nitrogen and oxygen atoms in total. The summed E-state index contributed by atoms with van der Waals surface area (Å²) in [4.78, 5) is 33.9. The first-order valence-corrected chi connectivity index (χ1v) is 5.94. The molecule has 1 aromatic carbocycles. The van der Waals surface area contributed by atoms with Crippen LogP contribution in [0, 0.1) is 0 Å². The molecule has 4 N–H and O–H groups in total. The van der Waals surface area contributed by atoms with Crippen molar-refractivity contribution >= 4 is 23.5 Å². The highest BCUT2D eigenvalue weighted by molar-refractivity contribution is 5.85. The van der Waals surface area contributed by atoms with Crippen molar-refractivity contribution in [2.75, 3.05) is 18.8 Å². The van der Waals surface area contributed by atoms with Gasteiger partial charge < -0.3 is 20.8 Å². The number of nitrogen functional groups attached to an aromatic ring is 1. The standard InChI is InChI=1S/C13H16N2O5/c14-10-3-1-2-9(6-10)4-5-11(16)15(7-12(17)18)8-13(19)20/h1-3,6H,4-5,7-8,14H2,(H,17,18)(H,19,20). The van der Waals surface area contributed by atoms with E-state index in [1.165, 1.54) is 0 Å². The third kappa shape index (κ3) is 5.38. The van der Waals surface area contributed by atoms with E-state index < -0.39 is 30.9 Å². The van der Waals surface area contributed by atoms with Crippen LogP contribution >= 0.6 is 0 Å². The van der Waals surface area contributed by atoms with E-state index in [1.54, 1.807) is 24.3 Å². The van der Waals surface area contributed by atoms with Crippen LogP contribution in [0.4, 0.5) is 5.69 Å². The first kappa shape index (κ1) is 15.5. The van der Waals surface area contributed by atoms with Crippen molar-refractivity contribution in [2.24, 2.45) is 0 Å². The van der Waals surface area contributed by atoms with Gasteiger partial charge in [-0.1, -0.05) is 12.1 Å². The van der Waals surface area contributed by atoms with E-state index in [-0.39, 0.29) is 6.42 Å². The van der Waals surface area contributed by atoms with E-state index in [2.05, 4.69) is 0 Å². The van der Waals surface area contributed by atoms with Gasteiger partial charge in [-0.25, -0.2) is 0 Å². The Labute approximate surface area is 115 Å². The highest BCUT2D eigenvalue weighted by atomic mass is 16.4. The van der Waals surface area contributed by atoms with E-state index in [1.807, 2.05) is 0 Å². The van der Waals surface area contributed by atoms with Gasteiger partial charge in [0.25, 0.3) is 0 Å². The maximum atomic E-state index is 11.8. The lowest BCUT2D eigenvalue weighted by molar-refractivity contribution is -0.149. The molecule has 0 unspecified atom stereocenters. The minimum absolute atomic E-state index is 0.0318. The number of rotatable bonds is 7. The van der Waals surface area contributed by atoms with E-state index in [0.717, 1.165) is 10.5 Å². The van der Waals surface area contributed by atoms with E-state index in [4.69, 9.17) is 15.9 Å². The number of carboxylic acid groups (broad SMARTS) is 2. The van der Waals surface area contributed by atoms with Gasteiger partial charge in [0.15, 0.2) is 0 Å². The van der Waals surface area contributed by atoms with Crippen molar-refractivity contribution in [3.63, 3.8) is 0 Å². The second-order valence-electron chi connectivity index (χ2n) is 4.28. The van der Waals surface area contributed by atoms with Crippen LogP contribution in [-0.4, -0.2) is 46.0 Å². The van der Waals surface area contributed by atoms with Crippen molar-refractivity contribution in [3.8, 4) is 0 Å².